The summed E-state index contributed by atoms with van der Waals surface area (Å²) < 4.78 is 10.7. The predicted octanol–water partition coefficient (Wildman–Crippen LogP) is 0.298. The maximum absolute atomic E-state index is 11.7. The van der Waals surface area contributed by atoms with Gasteiger partial charge in [0.05, 0.1) is 13.2 Å². The third-order valence-corrected chi connectivity index (χ3v) is 3.56. The monoisotopic (exact) mass is 256 g/mol. The molecule has 0 radical (unpaired) electrons. The molecule has 104 valence electrons. The van der Waals surface area contributed by atoms with Crippen molar-refractivity contribution in [1.29, 1.82) is 0 Å². The minimum absolute atomic E-state index is 0.0960. The number of rotatable bonds is 5. The fourth-order valence-electron chi connectivity index (χ4n) is 2.48. The Morgan fingerprint density at radius 3 is 2.67 bits per heavy atom. The van der Waals surface area contributed by atoms with Gasteiger partial charge in [-0.15, -0.1) is 0 Å². The van der Waals surface area contributed by atoms with Gasteiger partial charge in [0.25, 0.3) is 0 Å². The molecular weight excluding hydrogens is 232 g/mol. The lowest BCUT2D eigenvalue weighted by Gasteiger charge is -2.24. The predicted molar refractivity (Wildman–Crippen MR) is 68.4 cm³/mol. The third-order valence-electron chi connectivity index (χ3n) is 3.56. The van der Waals surface area contributed by atoms with Gasteiger partial charge in [-0.25, -0.2) is 0 Å². The Morgan fingerprint density at radius 1 is 1.11 bits per heavy atom. The quantitative estimate of drug-likeness (QED) is 0.742. The Morgan fingerprint density at radius 2 is 1.94 bits per heavy atom. The van der Waals surface area contributed by atoms with Crippen molar-refractivity contribution in [3.8, 4) is 0 Å². The van der Waals surface area contributed by atoms with Gasteiger partial charge in [-0.2, -0.15) is 0 Å². The van der Waals surface area contributed by atoms with Crippen LogP contribution in [-0.4, -0.2) is 51.5 Å². The van der Waals surface area contributed by atoms with Crippen LogP contribution in [0.2, 0.25) is 0 Å². The molecule has 18 heavy (non-hydrogen) atoms. The first-order valence-electron chi connectivity index (χ1n) is 7.00. The molecule has 1 unspecified atom stereocenters. The number of amides is 1. The van der Waals surface area contributed by atoms with Crippen LogP contribution in [0.5, 0.6) is 0 Å². The second kappa shape index (κ2) is 7.71. The Hall–Kier alpha value is -0.650. The van der Waals surface area contributed by atoms with E-state index in [1.807, 2.05) is 0 Å². The largest absolute Gasteiger partial charge is 0.381 e. The molecule has 0 aromatic heterocycles. The molecular formula is C13H24N2O3. The maximum atomic E-state index is 11.7. The molecule has 5 nitrogen and oxygen atoms in total. The van der Waals surface area contributed by atoms with Gasteiger partial charge in [0.1, 0.15) is 0 Å². The molecule has 2 aliphatic heterocycles. The van der Waals surface area contributed by atoms with Crippen LogP contribution in [0.25, 0.3) is 0 Å². The molecule has 0 bridgehead atoms. The third kappa shape index (κ3) is 4.92. The van der Waals surface area contributed by atoms with E-state index in [2.05, 4.69) is 10.6 Å². The van der Waals surface area contributed by atoms with Crippen molar-refractivity contribution in [2.75, 3.05) is 39.5 Å². The van der Waals surface area contributed by atoms with Crippen molar-refractivity contribution in [2.45, 2.75) is 31.7 Å². The van der Waals surface area contributed by atoms with Crippen molar-refractivity contribution in [3.05, 3.63) is 0 Å². The summed E-state index contributed by atoms with van der Waals surface area (Å²) in [7, 11) is 0. The van der Waals surface area contributed by atoms with Crippen molar-refractivity contribution >= 4 is 5.91 Å². The van der Waals surface area contributed by atoms with Crippen LogP contribution in [0.4, 0.5) is 0 Å². The van der Waals surface area contributed by atoms with Gasteiger partial charge < -0.3 is 20.1 Å². The second-order valence-electron chi connectivity index (χ2n) is 5.17. The van der Waals surface area contributed by atoms with Crippen molar-refractivity contribution in [1.82, 2.24) is 10.6 Å². The zero-order valence-electron chi connectivity index (χ0n) is 11.0. The SMILES string of the molecule is O=C(CNCC1CCCOC1)NC1CCOCC1. The van der Waals surface area contributed by atoms with E-state index in [1.165, 1.54) is 6.42 Å². The summed E-state index contributed by atoms with van der Waals surface area (Å²) >= 11 is 0. The topological polar surface area (TPSA) is 59.6 Å². The van der Waals surface area contributed by atoms with E-state index in [0.717, 1.165) is 52.2 Å². The molecule has 0 spiro atoms. The lowest BCUT2D eigenvalue weighted by molar-refractivity contribution is -0.121. The van der Waals surface area contributed by atoms with Gasteiger partial charge >= 0.3 is 0 Å². The molecule has 2 heterocycles. The summed E-state index contributed by atoms with van der Waals surface area (Å²) in [5.41, 5.74) is 0. The zero-order chi connectivity index (χ0) is 12.6. The summed E-state index contributed by atoms with van der Waals surface area (Å²) in [6.45, 7) is 4.53. The summed E-state index contributed by atoms with van der Waals surface area (Å²) in [4.78, 5) is 11.7. The minimum Gasteiger partial charge on any atom is -0.381 e. The number of nitrogens with one attached hydrogen (secondary N) is 2. The molecule has 0 aromatic rings. The maximum Gasteiger partial charge on any atom is 0.234 e. The summed E-state index contributed by atoms with van der Waals surface area (Å²) in [6.07, 6.45) is 4.21. The van der Waals surface area contributed by atoms with Crippen LogP contribution < -0.4 is 10.6 Å². The first-order chi connectivity index (χ1) is 8.84. The first kappa shape index (κ1) is 13.8. The van der Waals surface area contributed by atoms with Crippen LogP contribution in [0.1, 0.15) is 25.7 Å². The number of hydrogen-bond acceptors (Lipinski definition) is 4. The average Bonchev–Trinajstić information content (AvgIpc) is 2.41. The molecule has 2 fully saturated rings. The van der Waals surface area contributed by atoms with Gasteiger partial charge in [-0.1, -0.05) is 0 Å². The van der Waals surface area contributed by atoms with Crippen molar-refractivity contribution in [3.63, 3.8) is 0 Å². The highest BCUT2D eigenvalue weighted by atomic mass is 16.5. The van der Waals surface area contributed by atoms with Crippen LogP contribution in [-0.2, 0) is 14.3 Å². The minimum atomic E-state index is 0.0960. The molecule has 2 N–H and O–H groups in total. The smallest absolute Gasteiger partial charge is 0.234 e. The molecule has 0 saturated carbocycles. The zero-order valence-corrected chi connectivity index (χ0v) is 11.0. The number of carbonyl (C=O) groups is 1. The van der Waals surface area contributed by atoms with E-state index in [1.54, 1.807) is 0 Å². The Balaban J connectivity index is 1.53. The van der Waals surface area contributed by atoms with Gasteiger partial charge in [0.15, 0.2) is 0 Å². The standard InChI is InChI=1S/C13H24N2O3/c16-13(15-12-3-6-17-7-4-12)9-14-8-11-2-1-5-18-10-11/h11-12,14H,1-10H2,(H,15,16). The van der Waals surface area contributed by atoms with Gasteiger partial charge in [-0.3, -0.25) is 4.79 Å². The Kier molecular flexibility index (Phi) is 5.90. The fraction of sp³-hybridized carbons (Fsp3) is 0.923. The number of ether oxygens (including phenoxy) is 2. The lowest BCUT2D eigenvalue weighted by Crippen LogP contribution is -2.44. The van der Waals surface area contributed by atoms with E-state index >= 15 is 0 Å². The highest BCUT2D eigenvalue weighted by Gasteiger charge is 2.17. The first-order valence-corrected chi connectivity index (χ1v) is 7.00. The molecule has 0 aromatic carbocycles. The van der Waals surface area contributed by atoms with Crippen LogP contribution >= 0.6 is 0 Å². The molecule has 1 atom stereocenters. The molecule has 0 aliphatic carbocycles. The molecule has 2 saturated heterocycles. The summed E-state index contributed by atoms with van der Waals surface area (Å²) in [5.74, 6) is 0.660. The molecule has 1 amide bonds. The van der Waals surface area contributed by atoms with E-state index in [-0.39, 0.29) is 5.91 Å². The van der Waals surface area contributed by atoms with Crippen LogP contribution in [0.15, 0.2) is 0 Å². The summed E-state index contributed by atoms with van der Waals surface area (Å²) in [6, 6.07) is 0.297. The van der Waals surface area contributed by atoms with E-state index in [4.69, 9.17) is 9.47 Å². The number of carbonyl (C=O) groups excluding carboxylic acids is 1. The molecule has 2 aliphatic rings. The van der Waals surface area contributed by atoms with Crippen molar-refractivity contribution < 1.29 is 14.3 Å². The molecule has 2 rings (SSSR count). The van der Waals surface area contributed by atoms with Gasteiger partial charge in [0, 0.05) is 32.4 Å². The Bertz CT molecular complexity index is 249. The Labute approximate surface area is 109 Å². The summed E-state index contributed by atoms with van der Waals surface area (Å²) in [5, 5.41) is 6.27. The average molecular weight is 256 g/mol. The highest BCUT2D eigenvalue weighted by Crippen LogP contribution is 2.11. The van der Waals surface area contributed by atoms with Gasteiger partial charge in [0.2, 0.25) is 5.91 Å². The van der Waals surface area contributed by atoms with Gasteiger partial charge in [-0.05, 0) is 31.6 Å². The normalized spacial score (nSPS) is 25.9. The van der Waals surface area contributed by atoms with E-state index in [9.17, 15) is 4.79 Å². The van der Waals surface area contributed by atoms with Crippen molar-refractivity contribution in [2.24, 2.45) is 5.92 Å². The highest BCUT2D eigenvalue weighted by molar-refractivity contribution is 5.78. The van der Waals surface area contributed by atoms with Crippen LogP contribution in [0, 0.1) is 5.92 Å². The molecule has 5 heteroatoms. The fourth-order valence-corrected chi connectivity index (χ4v) is 2.48. The van der Waals surface area contributed by atoms with E-state index in [0.29, 0.717) is 18.5 Å². The number of hydrogen-bond donors (Lipinski definition) is 2. The lowest BCUT2D eigenvalue weighted by atomic mass is 10.0. The second-order valence-corrected chi connectivity index (χ2v) is 5.17. The van der Waals surface area contributed by atoms with E-state index < -0.39 is 0 Å². The van der Waals surface area contributed by atoms with Crippen LogP contribution in [0.3, 0.4) is 0 Å².